The van der Waals surface area contributed by atoms with Crippen LogP contribution in [-0.2, 0) is 4.79 Å². The minimum Gasteiger partial charge on any atom is -0.325 e. The van der Waals surface area contributed by atoms with E-state index in [0.717, 1.165) is 63.2 Å². The molecule has 0 aliphatic heterocycles. The van der Waals surface area contributed by atoms with Gasteiger partial charge in [0.2, 0.25) is 5.91 Å². The third-order valence-electron chi connectivity index (χ3n) is 5.89. The van der Waals surface area contributed by atoms with Crippen LogP contribution in [0.2, 0.25) is 0 Å². The standard InChI is InChI=1S/C23H27N3O2S2/c1-13-9-10-14(2)18(11-13)24-19(27)12-29-23-25-21-20(15(3)16(4)30-21)22(28)26(23)17-7-5-6-8-17/h9-11,17H,5-8,12H2,1-4H3,(H,24,27). The van der Waals surface area contributed by atoms with Crippen LogP contribution < -0.4 is 10.9 Å². The lowest BCUT2D eigenvalue weighted by Gasteiger charge is -2.18. The average molecular weight is 442 g/mol. The fourth-order valence-electron chi connectivity index (χ4n) is 4.06. The summed E-state index contributed by atoms with van der Waals surface area (Å²) in [5.74, 6) is 0.140. The van der Waals surface area contributed by atoms with Gasteiger partial charge in [-0.3, -0.25) is 14.2 Å². The van der Waals surface area contributed by atoms with E-state index in [2.05, 4.69) is 5.32 Å². The van der Waals surface area contributed by atoms with E-state index in [0.29, 0.717) is 5.16 Å². The second-order valence-electron chi connectivity index (χ2n) is 8.13. The summed E-state index contributed by atoms with van der Waals surface area (Å²) >= 11 is 2.92. The number of thioether (sulfide) groups is 1. The summed E-state index contributed by atoms with van der Waals surface area (Å²) in [5.41, 5.74) is 4.05. The Balaban J connectivity index is 1.63. The van der Waals surface area contributed by atoms with E-state index < -0.39 is 0 Å². The molecule has 0 atom stereocenters. The number of rotatable bonds is 5. The molecule has 30 heavy (non-hydrogen) atoms. The SMILES string of the molecule is Cc1ccc(C)c(NC(=O)CSc2nc3sc(C)c(C)c3c(=O)n2C2CCCC2)c1. The molecule has 1 aliphatic carbocycles. The molecule has 1 aromatic carbocycles. The molecule has 5 nitrogen and oxygen atoms in total. The van der Waals surface area contributed by atoms with Gasteiger partial charge in [0, 0.05) is 16.6 Å². The first-order valence-corrected chi connectivity index (χ1v) is 12.2. The van der Waals surface area contributed by atoms with Crippen molar-refractivity contribution in [3.8, 4) is 0 Å². The number of benzene rings is 1. The zero-order chi connectivity index (χ0) is 21.4. The van der Waals surface area contributed by atoms with Crippen LogP contribution in [0, 0.1) is 27.7 Å². The Labute approximate surface area is 184 Å². The highest BCUT2D eigenvalue weighted by Gasteiger charge is 2.25. The van der Waals surface area contributed by atoms with Gasteiger partial charge in [0.1, 0.15) is 4.83 Å². The molecule has 0 saturated heterocycles. The Hall–Kier alpha value is -2.12. The van der Waals surface area contributed by atoms with Crippen LogP contribution in [0.5, 0.6) is 0 Å². The Morgan fingerprint density at radius 1 is 1.23 bits per heavy atom. The molecule has 0 spiro atoms. The fourth-order valence-corrected chi connectivity index (χ4v) is 6.00. The number of hydrogen-bond acceptors (Lipinski definition) is 5. The molecule has 3 aromatic rings. The van der Waals surface area contributed by atoms with Gasteiger partial charge in [0.05, 0.1) is 11.1 Å². The van der Waals surface area contributed by atoms with Crippen molar-refractivity contribution in [2.24, 2.45) is 0 Å². The Morgan fingerprint density at radius 2 is 1.97 bits per heavy atom. The normalized spacial score (nSPS) is 14.5. The monoisotopic (exact) mass is 441 g/mol. The first kappa shape index (κ1) is 21.1. The van der Waals surface area contributed by atoms with Gasteiger partial charge in [-0.1, -0.05) is 36.7 Å². The molecule has 1 amide bonds. The molecular formula is C23H27N3O2S2. The molecule has 1 fully saturated rings. The molecule has 4 rings (SSSR count). The molecule has 0 radical (unpaired) electrons. The van der Waals surface area contributed by atoms with Gasteiger partial charge in [-0.05, 0) is 63.3 Å². The lowest BCUT2D eigenvalue weighted by atomic mass is 10.1. The van der Waals surface area contributed by atoms with Crippen LogP contribution in [0.15, 0.2) is 28.2 Å². The maximum atomic E-state index is 13.4. The lowest BCUT2D eigenvalue weighted by Crippen LogP contribution is -2.27. The summed E-state index contributed by atoms with van der Waals surface area (Å²) in [6, 6.07) is 6.20. The number of aryl methyl sites for hydroxylation is 4. The summed E-state index contributed by atoms with van der Waals surface area (Å²) in [6.07, 6.45) is 4.26. The van der Waals surface area contributed by atoms with E-state index in [9.17, 15) is 9.59 Å². The smallest absolute Gasteiger partial charge is 0.263 e. The molecule has 7 heteroatoms. The van der Waals surface area contributed by atoms with Crippen LogP contribution in [0.3, 0.4) is 0 Å². The van der Waals surface area contributed by atoms with E-state index in [1.807, 2.05) is 50.5 Å². The van der Waals surface area contributed by atoms with E-state index in [-0.39, 0.29) is 23.3 Å². The van der Waals surface area contributed by atoms with Crippen molar-refractivity contribution in [3.05, 3.63) is 50.1 Å². The Morgan fingerprint density at radius 3 is 2.70 bits per heavy atom. The maximum absolute atomic E-state index is 13.4. The summed E-state index contributed by atoms with van der Waals surface area (Å²) in [5, 5.41) is 4.41. The topological polar surface area (TPSA) is 64.0 Å². The van der Waals surface area contributed by atoms with Crippen LogP contribution in [0.25, 0.3) is 10.2 Å². The summed E-state index contributed by atoms with van der Waals surface area (Å²) in [4.78, 5) is 32.8. The molecule has 158 valence electrons. The van der Waals surface area contributed by atoms with Crippen LogP contribution in [0.1, 0.15) is 53.3 Å². The van der Waals surface area contributed by atoms with Crippen molar-refractivity contribution in [1.29, 1.82) is 0 Å². The summed E-state index contributed by atoms with van der Waals surface area (Å²) in [6.45, 7) is 8.03. The number of carbonyl (C=O) groups is 1. The average Bonchev–Trinajstić information content (AvgIpc) is 3.32. The molecule has 1 N–H and O–H groups in total. The van der Waals surface area contributed by atoms with Crippen molar-refractivity contribution in [2.45, 2.75) is 64.6 Å². The molecule has 1 saturated carbocycles. The molecular weight excluding hydrogens is 414 g/mol. The molecule has 2 aromatic heterocycles. The van der Waals surface area contributed by atoms with Crippen molar-refractivity contribution >= 4 is 44.9 Å². The highest BCUT2D eigenvalue weighted by atomic mass is 32.2. The number of carbonyl (C=O) groups excluding carboxylic acids is 1. The van der Waals surface area contributed by atoms with Gasteiger partial charge >= 0.3 is 0 Å². The van der Waals surface area contributed by atoms with Gasteiger partial charge in [-0.2, -0.15) is 0 Å². The second kappa shape index (κ2) is 8.55. The van der Waals surface area contributed by atoms with Crippen LogP contribution in [-0.4, -0.2) is 21.2 Å². The van der Waals surface area contributed by atoms with Crippen molar-refractivity contribution in [2.75, 3.05) is 11.1 Å². The third-order valence-corrected chi connectivity index (χ3v) is 7.95. The van der Waals surface area contributed by atoms with Crippen molar-refractivity contribution < 1.29 is 4.79 Å². The number of fused-ring (bicyclic) bond motifs is 1. The number of amides is 1. The van der Waals surface area contributed by atoms with Gasteiger partial charge in [-0.25, -0.2) is 4.98 Å². The second-order valence-corrected chi connectivity index (χ2v) is 10.3. The molecule has 0 bridgehead atoms. The fraction of sp³-hybridized carbons (Fsp3) is 0.435. The molecule has 2 heterocycles. The van der Waals surface area contributed by atoms with Crippen molar-refractivity contribution in [3.63, 3.8) is 0 Å². The van der Waals surface area contributed by atoms with Gasteiger partial charge in [0.25, 0.3) is 5.56 Å². The summed E-state index contributed by atoms with van der Waals surface area (Å²) in [7, 11) is 0. The molecule has 0 unspecified atom stereocenters. The first-order valence-electron chi connectivity index (χ1n) is 10.4. The highest BCUT2D eigenvalue weighted by Crippen LogP contribution is 2.34. The largest absolute Gasteiger partial charge is 0.325 e. The van der Waals surface area contributed by atoms with Gasteiger partial charge in [0.15, 0.2) is 5.16 Å². The zero-order valence-corrected chi connectivity index (χ0v) is 19.5. The van der Waals surface area contributed by atoms with E-state index in [1.165, 1.54) is 11.8 Å². The highest BCUT2D eigenvalue weighted by molar-refractivity contribution is 7.99. The van der Waals surface area contributed by atoms with Crippen LogP contribution in [0.4, 0.5) is 5.69 Å². The quantitative estimate of drug-likeness (QED) is 0.417. The van der Waals surface area contributed by atoms with Crippen LogP contribution >= 0.6 is 23.1 Å². The maximum Gasteiger partial charge on any atom is 0.263 e. The predicted molar refractivity (Wildman–Crippen MR) is 126 cm³/mol. The van der Waals surface area contributed by atoms with Gasteiger partial charge < -0.3 is 5.32 Å². The predicted octanol–water partition coefficient (Wildman–Crippen LogP) is 5.54. The number of nitrogens with one attached hydrogen (secondary N) is 1. The van der Waals surface area contributed by atoms with E-state index in [1.54, 1.807) is 11.3 Å². The minimum atomic E-state index is -0.0837. The number of aromatic nitrogens is 2. The Bertz CT molecular complexity index is 1170. The van der Waals surface area contributed by atoms with Crippen molar-refractivity contribution in [1.82, 2.24) is 9.55 Å². The number of nitrogens with zero attached hydrogens (tertiary/aromatic N) is 2. The lowest BCUT2D eigenvalue weighted by molar-refractivity contribution is -0.113. The minimum absolute atomic E-state index is 0.0474. The Kier molecular flexibility index (Phi) is 6.02. The first-order chi connectivity index (χ1) is 14.3. The summed E-state index contributed by atoms with van der Waals surface area (Å²) < 4.78 is 1.87. The van der Waals surface area contributed by atoms with E-state index in [4.69, 9.17) is 4.98 Å². The van der Waals surface area contributed by atoms with Gasteiger partial charge in [-0.15, -0.1) is 11.3 Å². The third kappa shape index (κ3) is 4.05. The number of anilines is 1. The zero-order valence-electron chi connectivity index (χ0n) is 17.9. The number of hydrogen-bond donors (Lipinski definition) is 1. The number of thiophene rings is 1. The molecule has 1 aliphatic rings. The van der Waals surface area contributed by atoms with E-state index >= 15 is 0 Å².